The van der Waals surface area contributed by atoms with E-state index in [4.69, 9.17) is 5.11 Å². The minimum absolute atomic E-state index is 0.00968. The van der Waals surface area contributed by atoms with Gasteiger partial charge in [0.25, 0.3) is 0 Å². The Hall–Kier alpha value is -1.06. The SMILES string of the molecule is CC(=O)NCCC12CC(C(=O)O)(C1)C2. The summed E-state index contributed by atoms with van der Waals surface area (Å²) in [6, 6.07) is 0. The van der Waals surface area contributed by atoms with Gasteiger partial charge in [0.05, 0.1) is 5.41 Å². The number of nitrogens with one attached hydrogen (secondary N) is 1. The van der Waals surface area contributed by atoms with Crippen molar-refractivity contribution in [3.63, 3.8) is 0 Å². The average molecular weight is 197 g/mol. The molecule has 0 aromatic heterocycles. The largest absolute Gasteiger partial charge is 0.481 e. The minimum Gasteiger partial charge on any atom is -0.481 e. The maximum atomic E-state index is 10.8. The highest BCUT2D eigenvalue weighted by Gasteiger charge is 2.71. The van der Waals surface area contributed by atoms with Crippen LogP contribution in [0.15, 0.2) is 0 Å². The summed E-state index contributed by atoms with van der Waals surface area (Å²) < 4.78 is 0. The fraction of sp³-hybridized carbons (Fsp3) is 0.800. The maximum absolute atomic E-state index is 10.8. The molecule has 0 aromatic carbocycles. The zero-order valence-electron chi connectivity index (χ0n) is 8.30. The lowest BCUT2D eigenvalue weighted by molar-refractivity contribution is -0.224. The second-order valence-electron chi connectivity index (χ2n) is 4.85. The molecule has 3 saturated carbocycles. The lowest BCUT2D eigenvalue weighted by Gasteiger charge is -2.68. The molecule has 3 aliphatic rings. The number of carbonyl (C=O) groups excluding carboxylic acids is 1. The van der Waals surface area contributed by atoms with Crippen molar-refractivity contribution in [2.45, 2.75) is 32.6 Å². The van der Waals surface area contributed by atoms with Gasteiger partial charge in [0, 0.05) is 13.5 Å². The molecular weight excluding hydrogens is 182 g/mol. The Labute approximate surface area is 82.7 Å². The number of carbonyl (C=O) groups is 2. The van der Waals surface area contributed by atoms with E-state index in [1.165, 1.54) is 6.92 Å². The number of carboxylic acid groups (broad SMARTS) is 1. The molecular formula is C10H15NO3. The Morgan fingerprint density at radius 3 is 2.36 bits per heavy atom. The molecule has 3 aliphatic carbocycles. The normalized spacial score (nSPS) is 38.1. The third kappa shape index (κ3) is 1.21. The highest BCUT2D eigenvalue weighted by molar-refractivity contribution is 5.79. The number of carboxylic acids is 1. The molecule has 2 N–H and O–H groups in total. The van der Waals surface area contributed by atoms with Gasteiger partial charge < -0.3 is 10.4 Å². The van der Waals surface area contributed by atoms with E-state index in [0.29, 0.717) is 6.54 Å². The van der Waals surface area contributed by atoms with Crippen molar-refractivity contribution < 1.29 is 14.7 Å². The van der Waals surface area contributed by atoms with Crippen molar-refractivity contribution in [1.82, 2.24) is 5.32 Å². The van der Waals surface area contributed by atoms with Gasteiger partial charge in [0.2, 0.25) is 5.91 Å². The molecule has 4 nitrogen and oxygen atoms in total. The lowest BCUT2D eigenvalue weighted by atomic mass is 9.34. The van der Waals surface area contributed by atoms with Crippen molar-refractivity contribution in [3.8, 4) is 0 Å². The summed E-state index contributed by atoms with van der Waals surface area (Å²) in [6.07, 6.45) is 3.38. The molecule has 0 unspecified atom stereocenters. The van der Waals surface area contributed by atoms with Crippen LogP contribution in [0.2, 0.25) is 0 Å². The molecule has 1 amide bonds. The summed E-state index contributed by atoms with van der Waals surface area (Å²) in [6.45, 7) is 2.19. The smallest absolute Gasteiger partial charge is 0.309 e. The molecule has 3 fully saturated rings. The van der Waals surface area contributed by atoms with E-state index in [9.17, 15) is 9.59 Å². The summed E-state index contributed by atoms with van der Waals surface area (Å²) >= 11 is 0. The van der Waals surface area contributed by atoms with Gasteiger partial charge in [-0.15, -0.1) is 0 Å². The zero-order chi connectivity index (χ0) is 10.4. The molecule has 0 atom stereocenters. The van der Waals surface area contributed by atoms with Gasteiger partial charge >= 0.3 is 5.97 Å². The first kappa shape index (κ1) is 9.49. The fourth-order valence-corrected chi connectivity index (χ4v) is 2.99. The monoisotopic (exact) mass is 197 g/mol. The second-order valence-corrected chi connectivity index (χ2v) is 4.85. The molecule has 2 bridgehead atoms. The third-order valence-electron chi connectivity index (χ3n) is 3.62. The lowest BCUT2D eigenvalue weighted by Crippen LogP contribution is -2.65. The Balaban J connectivity index is 1.73. The van der Waals surface area contributed by atoms with Gasteiger partial charge in [-0.05, 0) is 31.1 Å². The Morgan fingerprint density at radius 2 is 1.93 bits per heavy atom. The molecule has 0 saturated heterocycles. The molecule has 78 valence electrons. The molecule has 0 radical (unpaired) electrons. The number of aliphatic carboxylic acids is 1. The highest BCUT2D eigenvalue weighted by atomic mass is 16.4. The van der Waals surface area contributed by atoms with Gasteiger partial charge in [-0.2, -0.15) is 0 Å². The molecule has 0 heterocycles. The van der Waals surface area contributed by atoms with Gasteiger partial charge in [0.15, 0.2) is 0 Å². The minimum atomic E-state index is -0.640. The first-order valence-corrected chi connectivity index (χ1v) is 4.96. The van der Waals surface area contributed by atoms with Crippen LogP contribution in [0.25, 0.3) is 0 Å². The van der Waals surface area contributed by atoms with Crippen molar-refractivity contribution >= 4 is 11.9 Å². The van der Waals surface area contributed by atoms with Crippen molar-refractivity contribution in [1.29, 1.82) is 0 Å². The predicted octanol–water partition coefficient (Wildman–Crippen LogP) is 0.767. The van der Waals surface area contributed by atoms with Crippen LogP contribution in [0.5, 0.6) is 0 Å². The summed E-state index contributed by atoms with van der Waals surface area (Å²) in [5.41, 5.74) is -0.128. The summed E-state index contributed by atoms with van der Waals surface area (Å²) in [4.78, 5) is 21.4. The number of amides is 1. The first-order valence-electron chi connectivity index (χ1n) is 4.96. The van der Waals surface area contributed by atoms with Crippen LogP contribution in [-0.4, -0.2) is 23.5 Å². The van der Waals surface area contributed by atoms with Gasteiger partial charge in [0.1, 0.15) is 0 Å². The van der Waals surface area contributed by atoms with E-state index in [1.54, 1.807) is 0 Å². The van der Waals surface area contributed by atoms with Crippen LogP contribution in [0.3, 0.4) is 0 Å². The molecule has 0 spiro atoms. The molecule has 3 rings (SSSR count). The zero-order valence-corrected chi connectivity index (χ0v) is 8.30. The van der Waals surface area contributed by atoms with Gasteiger partial charge in [-0.1, -0.05) is 0 Å². The molecule has 14 heavy (non-hydrogen) atoms. The van der Waals surface area contributed by atoms with Crippen molar-refractivity contribution in [2.75, 3.05) is 6.54 Å². The molecule has 4 heteroatoms. The molecule has 0 aliphatic heterocycles. The summed E-state index contributed by atoms with van der Waals surface area (Å²) in [5, 5.41) is 11.6. The number of hydrogen-bond donors (Lipinski definition) is 2. The average Bonchev–Trinajstić information content (AvgIpc) is 1.89. The van der Waals surface area contributed by atoms with Crippen molar-refractivity contribution in [2.24, 2.45) is 10.8 Å². The summed E-state index contributed by atoms with van der Waals surface area (Å²) in [7, 11) is 0. The van der Waals surface area contributed by atoms with Crippen LogP contribution < -0.4 is 5.32 Å². The fourth-order valence-electron chi connectivity index (χ4n) is 2.99. The first-order chi connectivity index (χ1) is 6.48. The highest BCUT2D eigenvalue weighted by Crippen LogP contribution is 2.74. The van der Waals surface area contributed by atoms with E-state index < -0.39 is 5.97 Å². The Kier molecular flexibility index (Phi) is 1.84. The van der Waals surface area contributed by atoms with E-state index >= 15 is 0 Å². The van der Waals surface area contributed by atoms with Crippen LogP contribution in [0, 0.1) is 10.8 Å². The maximum Gasteiger partial charge on any atom is 0.309 e. The van der Waals surface area contributed by atoms with Crippen molar-refractivity contribution in [3.05, 3.63) is 0 Å². The Bertz CT molecular complexity index is 278. The second kappa shape index (κ2) is 2.72. The number of rotatable bonds is 4. The third-order valence-corrected chi connectivity index (χ3v) is 3.62. The van der Waals surface area contributed by atoms with Crippen LogP contribution >= 0.6 is 0 Å². The van der Waals surface area contributed by atoms with E-state index in [2.05, 4.69) is 5.32 Å². The Morgan fingerprint density at radius 1 is 1.36 bits per heavy atom. The summed E-state index contributed by atoms with van der Waals surface area (Å²) in [5.74, 6) is -0.650. The van der Waals surface area contributed by atoms with Crippen LogP contribution in [-0.2, 0) is 9.59 Å². The van der Waals surface area contributed by atoms with Gasteiger partial charge in [-0.3, -0.25) is 9.59 Å². The predicted molar refractivity (Wildman–Crippen MR) is 49.7 cm³/mol. The van der Waals surface area contributed by atoms with Crippen LogP contribution in [0.1, 0.15) is 32.6 Å². The molecule has 0 aromatic rings. The topological polar surface area (TPSA) is 66.4 Å². The number of hydrogen-bond acceptors (Lipinski definition) is 2. The van der Waals surface area contributed by atoms with Crippen LogP contribution in [0.4, 0.5) is 0 Å². The van der Waals surface area contributed by atoms with E-state index in [0.717, 1.165) is 25.7 Å². The quantitative estimate of drug-likeness (QED) is 0.699. The van der Waals surface area contributed by atoms with Gasteiger partial charge in [-0.25, -0.2) is 0 Å². The van der Waals surface area contributed by atoms with E-state index in [-0.39, 0.29) is 16.7 Å². The van der Waals surface area contributed by atoms with E-state index in [1.807, 2.05) is 0 Å². The standard InChI is InChI=1S/C10H15NO3/c1-7(12)11-3-2-9-4-10(5-9,6-9)8(13)14/h2-6H2,1H3,(H,11,12)(H,13,14).